The summed E-state index contributed by atoms with van der Waals surface area (Å²) in [5, 5.41) is 11.3. The molecule has 0 aliphatic heterocycles. The molecule has 0 aliphatic carbocycles. The van der Waals surface area contributed by atoms with Crippen molar-refractivity contribution in [1.82, 2.24) is 4.98 Å². The fourth-order valence-corrected chi connectivity index (χ4v) is 2.86. The van der Waals surface area contributed by atoms with Crippen molar-refractivity contribution in [2.75, 3.05) is 29.5 Å². The van der Waals surface area contributed by atoms with Crippen LogP contribution < -0.4 is 16.4 Å². The summed E-state index contributed by atoms with van der Waals surface area (Å²) in [5.74, 6) is 0.343. The van der Waals surface area contributed by atoms with E-state index in [1.807, 2.05) is 38.1 Å². The molecule has 5 heteroatoms. The van der Waals surface area contributed by atoms with Gasteiger partial charge in [-0.15, -0.1) is 0 Å². The number of aliphatic hydroxyl groups is 1. The summed E-state index contributed by atoms with van der Waals surface area (Å²) in [5.41, 5.74) is 13.7. The summed E-state index contributed by atoms with van der Waals surface area (Å²) in [7, 11) is 0. The van der Waals surface area contributed by atoms with Gasteiger partial charge in [0.25, 0.3) is 0 Å². The Kier molecular flexibility index (Phi) is 5.31. The number of fused-ring (bicyclic) bond motifs is 1. The third-order valence-electron chi connectivity index (χ3n) is 3.86. The maximum Gasteiger partial charge on any atom is 0.149 e. The molecule has 5 N–H and O–H groups in total. The van der Waals surface area contributed by atoms with Crippen molar-refractivity contribution in [1.29, 1.82) is 0 Å². The molecule has 5 nitrogen and oxygen atoms in total. The molecule has 0 radical (unpaired) electrons. The number of rotatable bonds is 7. The van der Waals surface area contributed by atoms with Crippen LogP contribution in [0, 0.1) is 0 Å². The van der Waals surface area contributed by atoms with E-state index < -0.39 is 5.60 Å². The molecule has 0 bridgehead atoms. The first-order valence-electron chi connectivity index (χ1n) is 8.24. The standard InChI is InChI=1S/C18H28N4O/c1-4-5-8-11-22(12-18(2,3)23)16-13-9-6-7-10-14(13)21-17(20)15(16)19/h6-7,9-10,23H,4-5,8,11-12,19H2,1-3H3,(H2,20,21). The lowest BCUT2D eigenvalue weighted by Gasteiger charge is -2.33. The lowest BCUT2D eigenvalue weighted by atomic mass is 10.1. The molecule has 0 aliphatic rings. The Bertz CT molecular complexity index is 664. The first-order valence-corrected chi connectivity index (χ1v) is 8.24. The Morgan fingerprint density at radius 3 is 2.52 bits per heavy atom. The van der Waals surface area contributed by atoms with Crippen LogP contribution in [0.25, 0.3) is 10.9 Å². The number of para-hydroxylation sites is 1. The molecule has 1 aromatic heterocycles. The number of unbranched alkanes of at least 4 members (excludes halogenated alkanes) is 2. The Morgan fingerprint density at radius 2 is 1.87 bits per heavy atom. The van der Waals surface area contributed by atoms with E-state index in [1.54, 1.807) is 0 Å². The van der Waals surface area contributed by atoms with E-state index >= 15 is 0 Å². The zero-order chi connectivity index (χ0) is 17.0. The van der Waals surface area contributed by atoms with Crippen LogP contribution in [0.5, 0.6) is 0 Å². The molecule has 0 saturated heterocycles. The quantitative estimate of drug-likeness (QED) is 0.683. The van der Waals surface area contributed by atoms with E-state index in [0.717, 1.165) is 42.4 Å². The van der Waals surface area contributed by atoms with E-state index in [4.69, 9.17) is 11.5 Å². The normalized spacial score (nSPS) is 11.8. The van der Waals surface area contributed by atoms with Crippen molar-refractivity contribution < 1.29 is 5.11 Å². The molecular formula is C18H28N4O. The molecule has 0 unspecified atom stereocenters. The molecular weight excluding hydrogens is 288 g/mol. The average Bonchev–Trinajstić information content (AvgIpc) is 2.47. The summed E-state index contributed by atoms with van der Waals surface area (Å²) >= 11 is 0. The number of anilines is 3. The third-order valence-corrected chi connectivity index (χ3v) is 3.86. The fraction of sp³-hybridized carbons (Fsp3) is 0.500. The molecule has 126 valence electrons. The van der Waals surface area contributed by atoms with E-state index in [2.05, 4.69) is 16.8 Å². The summed E-state index contributed by atoms with van der Waals surface area (Å²) in [6, 6.07) is 7.84. The number of pyridine rings is 1. The molecule has 0 spiro atoms. The highest BCUT2D eigenvalue weighted by Crippen LogP contribution is 2.36. The second kappa shape index (κ2) is 7.04. The maximum absolute atomic E-state index is 10.3. The van der Waals surface area contributed by atoms with Gasteiger partial charge in [0.05, 0.1) is 22.5 Å². The van der Waals surface area contributed by atoms with Gasteiger partial charge in [-0.1, -0.05) is 38.0 Å². The van der Waals surface area contributed by atoms with Crippen LogP contribution in [0.2, 0.25) is 0 Å². The van der Waals surface area contributed by atoms with Gasteiger partial charge in [0.2, 0.25) is 0 Å². The van der Waals surface area contributed by atoms with Crippen LogP contribution in [0.15, 0.2) is 24.3 Å². The van der Waals surface area contributed by atoms with Gasteiger partial charge in [0, 0.05) is 18.5 Å². The summed E-state index contributed by atoms with van der Waals surface area (Å²) in [6.45, 7) is 7.11. The molecule has 0 amide bonds. The number of hydrogen-bond acceptors (Lipinski definition) is 5. The first-order chi connectivity index (χ1) is 10.8. The van der Waals surface area contributed by atoms with Crippen LogP contribution in [0.4, 0.5) is 17.2 Å². The van der Waals surface area contributed by atoms with Gasteiger partial charge in [-0.3, -0.25) is 0 Å². The predicted molar refractivity (Wildman–Crippen MR) is 98.6 cm³/mol. The van der Waals surface area contributed by atoms with Gasteiger partial charge < -0.3 is 21.5 Å². The fourth-order valence-electron chi connectivity index (χ4n) is 2.86. The largest absolute Gasteiger partial charge is 0.394 e. The molecule has 0 atom stereocenters. The van der Waals surface area contributed by atoms with E-state index in [0.29, 0.717) is 18.1 Å². The minimum Gasteiger partial charge on any atom is -0.394 e. The number of aromatic nitrogens is 1. The zero-order valence-electron chi connectivity index (χ0n) is 14.3. The lowest BCUT2D eigenvalue weighted by molar-refractivity contribution is 0.0873. The second-order valence-electron chi connectivity index (χ2n) is 6.72. The molecule has 0 saturated carbocycles. The highest BCUT2D eigenvalue weighted by Gasteiger charge is 2.23. The monoisotopic (exact) mass is 316 g/mol. The Hall–Kier alpha value is -2.01. The molecule has 1 heterocycles. The highest BCUT2D eigenvalue weighted by atomic mass is 16.3. The van der Waals surface area contributed by atoms with Crippen molar-refractivity contribution >= 4 is 28.1 Å². The third kappa shape index (κ3) is 4.26. The minimum absolute atomic E-state index is 0.343. The van der Waals surface area contributed by atoms with E-state index in [-0.39, 0.29) is 0 Å². The molecule has 2 rings (SSSR count). The highest BCUT2D eigenvalue weighted by molar-refractivity contribution is 6.01. The van der Waals surface area contributed by atoms with Crippen molar-refractivity contribution in [3.05, 3.63) is 24.3 Å². The van der Waals surface area contributed by atoms with Gasteiger partial charge in [-0.05, 0) is 26.3 Å². The molecule has 1 aromatic carbocycles. The van der Waals surface area contributed by atoms with E-state index in [9.17, 15) is 5.11 Å². The van der Waals surface area contributed by atoms with Crippen LogP contribution in [0.1, 0.15) is 40.0 Å². The summed E-state index contributed by atoms with van der Waals surface area (Å²) in [4.78, 5) is 6.52. The van der Waals surface area contributed by atoms with Crippen molar-refractivity contribution in [3.8, 4) is 0 Å². The topological polar surface area (TPSA) is 88.4 Å². The molecule has 0 fully saturated rings. The minimum atomic E-state index is -0.822. The molecule has 2 aromatic rings. The van der Waals surface area contributed by atoms with E-state index in [1.165, 1.54) is 0 Å². The van der Waals surface area contributed by atoms with Crippen LogP contribution in [-0.2, 0) is 0 Å². The first kappa shape index (κ1) is 17.3. The zero-order valence-corrected chi connectivity index (χ0v) is 14.3. The van der Waals surface area contributed by atoms with Crippen LogP contribution in [-0.4, -0.2) is 28.8 Å². The summed E-state index contributed by atoms with van der Waals surface area (Å²) in [6.07, 6.45) is 3.33. The van der Waals surface area contributed by atoms with Gasteiger partial charge in [0.15, 0.2) is 0 Å². The molecule has 23 heavy (non-hydrogen) atoms. The van der Waals surface area contributed by atoms with Crippen LogP contribution >= 0.6 is 0 Å². The number of nitrogens with zero attached hydrogens (tertiary/aromatic N) is 2. The maximum atomic E-state index is 10.3. The van der Waals surface area contributed by atoms with Gasteiger partial charge in [-0.25, -0.2) is 4.98 Å². The Balaban J connectivity index is 2.51. The van der Waals surface area contributed by atoms with Crippen molar-refractivity contribution in [2.24, 2.45) is 0 Å². The number of nitrogens with two attached hydrogens (primary N) is 2. The number of nitrogen functional groups attached to an aromatic ring is 2. The second-order valence-corrected chi connectivity index (χ2v) is 6.72. The summed E-state index contributed by atoms with van der Waals surface area (Å²) < 4.78 is 0. The number of benzene rings is 1. The predicted octanol–water partition coefficient (Wildman–Crippen LogP) is 3.17. The van der Waals surface area contributed by atoms with Crippen LogP contribution in [0.3, 0.4) is 0 Å². The van der Waals surface area contributed by atoms with Crippen molar-refractivity contribution in [2.45, 2.75) is 45.6 Å². The average molecular weight is 316 g/mol. The number of hydrogen-bond donors (Lipinski definition) is 3. The van der Waals surface area contributed by atoms with Gasteiger partial charge in [-0.2, -0.15) is 0 Å². The van der Waals surface area contributed by atoms with Gasteiger partial charge in [0.1, 0.15) is 5.82 Å². The van der Waals surface area contributed by atoms with Crippen molar-refractivity contribution in [3.63, 3.8) is 0 Å². The van der Waals surface area contributed by atoms with Gasteiger partial charge >= 0.3 is 0 Å². The Labute approximate surface area is 138 Å². The SMILES string of the molecule is CCCCCN(CC(C)(C)O)c1c(N)c(N)nc2ccccc12. The Morgan fingerprint density at radius 1 is 1.17 bits per heavy atom. The lowest BCUT2D eigenvalue weighted by Crippen LogP contribution is -2.39. The smallest absolute Gasteiger partial charge is 0.149 e.